The Bertz CT molecular complexity index is 1570. The molecule has 1 aliphatic heterocycles. The van der Waals surface area contributed by atoms with Gasteiger partial charge in [-0.25, -0.2) is 9.79 Å². The van der Waals surface area contributed by atoms with Crippen LogP contribution in [-0.2, 0) is 16.1 Å². The van der Waals surface area contributed by atoms with Gasteiger partial charge < -0.3 is 19.3 Å². The van der Waals surface area contributed by atoms with Gasteiger partial charge in [0.05, 0.1) is 29.2 Å². The van der Waals surface area contributed by atoms with Gasteiger partial charge in [0.15, 0.2) is 11.5 Å². The summed E-state index contributed by atoms with van der Waals surface area (Å²) in [4.78, 5) is 29.9. The number of benzene rings is 3. The Labute approximate surface area is 250 Å². The lowest BCUT2D eigenvalue weighted by molar-refractivity contribution is -0.138. The molecule has 0 unspecified atom stereocenters. The summed E-state index contributed by atoms with van der Waals surface area (Å²) in [5.74, 6) is -0.920. The molecule has 0 atom stereocenters. The molecule has 206 valence electrons. The summed E-state index contributed by atoms with van der Waals surface area (Å²) in [6, 6.07) is 16.7. The largest absolute Gasteiger partial charge is 0.506 e. The van der Waals surface area contributed by atoms with Gasteiger partial charge in [0.1, 0.15) is 23.0 Å². The van der Waals surface area contributed by atoms with Crippen LogP contribution >= 0.6 is 46.6 Å². The zero-order valence-corrected chi connectivity index (χ0v) is 24.3. The number of carbonyl (C=O) groups is 2. The van der Waals surface area contributed by atoms with Crippen molar-refractivity contribution in [2.75, 3.05) is 13.7 Å². The van der Waals surface area contributed by atoms with Crippen molar-refractivity contribution in [2.24, 2.45) is 4.99 Å². The first-order valence-corrected chi connectivity index (χ1v) is 13.8. The van der Waals surface area contributed by atoms with E-state index < -0.39 is 11.9 Å². The average molecular weight is 619 g/mol. The van der Waals surface area contributed by atoms with Crippen LogP contribution in [0.2, 0.25) is 15.1 Å². The zero-order chi connectivity index (χ0) is 28.8. The Morgan fingerprint density at radius 2 is 1.77 bits per heavy atom. The lowest BCUT2D eigenvalue weighted by atomic mass is 10.1. The number of aliphatic hydroxyl groups excluding tert-OH is 1. The van der Waals surface area contributed by atoms with E-state index in [2.05, 4.69) is 4.99 Å². The van der Waals surface area contributed by atoms with Crippen molar-refractivity contribution < 1.29 is 28.9 Å². The first-order valence-electron chi connectivity index (χ1n) is 11.8. The van der Waals surface area contributed by atoms with Gasteiger partial charge >= 0.3 is 5.97 Å². The van der Waals surface area contributed by atoms with E-state index in [1.54, 1.807) is 67.6 Å². The number of amides is 1. The van der Waals surface area contributed by atoms with E-state index in [1.165, 1.54) is 13.2 Å². The van der Waals surface area contributed by atoms with Crippen molar-refractivity contribution in [3.05, 3.63) is 109 Å². The number of hydrogen-bond acceptors (Lipinski definition) is 7. The maximum absolute atomic E-state index is 12.8. The van der Waals surface area contributed by atoms with E-state index in [-0.39, 0.29) is 45.1 Å². The molecule has 0 spiro atoms. The molecule has 0 aliphatic carbocycles. The SMILES string of the molecule is CCOC(=O)C1=C(O)/C(=C/c2ccc(OCc3ccc(Cl)cc3Cl)c(OC)c2)SC1=NC(=O)c1ccccc1Cl. The molecule has 0 fully saturated rings. The van der Waals surface area contributed by atoms with Gasteiger partial charge in [0.2, 0.25) is 0 Å². The minimum atomic E-state index is -0.802. The highest BCUT2D eigenvalue weighted by atomic mass is 35.5. The molecule has 3 aromatic carbocycles. The summed E-state index contributed by atoms with van der Waals surface area (Å²) in [5, 5.41) is 12.2. The third-order valence-corrected chi connectivity index (χ3v) is 7.50. The molecule has 1 aliphatic rings. The van der Waals surface area contributed by atoms with Crippen LogP contribution in [0.3, 0.4) is 0 Å². The van der Waals surface area contributed by atoms with Crippen LogP contribution in [0.25, 0.3) is 6.08 Å². The summed E-state index contributed by atoms with van der Waals surface area (Å²) >= 11 is 19.3. The van der Waals surface area contributed by atoms with E-state index in [0.29, 0.717) is 27.1 Å². The summed E-state index contributed by atoms with van der Waals surface area (Å²) in [6.07, 6.45) is 1.63. The molecule has 11 heteroatoms. The molecule has 0 saturated heterocycles. The fourth-order valence-corrected chi connectivity index (χ4v) is 5.31. The van der Waals surface area contributed by atoms with Crippen molar-refractivity contribution in [1.29, 1.82) is 0 Å². The molecular formula is C29H22Cl3NO6S. The Morgan fingerprint density at radius 3 is 2.48 bits per heavy atom. The van der Waals surface area contributed by atoms with E-state index in [9.17, 15) is 14.7 Å². The molecule has 1 heterocycles. The quantitative estimate of drug-likeness (QED) is 0.256. The molecule has 1 N–H and O–H groups in total. The number of aliphatic imine (C=N–C) groups is 1. The fraction of sp³-hybridized carbons (Fsp3) is 0.138. The van der Waals surface area contributed by atoms with Gasteiger partial charge in [-0.15, -0.1) is 0 Å². The molecule has 0 saturated carbocycles. The Morgan fingerprint density at radius 1 is 1.00 bits per heavy atom. The minimum absolute atomic E-state index is 0.00104. The van der Waals surface area contributed by atoms with Crippen molar-refractivity contribution in [1.82, 2.24) is 0 Å². The highest BCUT2D eigenvalue weighted by Gasteiger charge is 2.34. The molecular weight excluding hydrogens is 597 g/mol. The number of halogens is 3. The monoisotopic (exact) mass is 617 g/mol. The maximum atomic E-state index is 12.8. The van der Waals surface area contributed by atoms with Crippen molar-refractivity contribution >= 4 is 69.6 Å². The number of ether oxygens (including phenoxy) is 3. The van der Waals surface area contributed by atoms with Crippen LogP contribution in [0.1, 0.15) is 28.4 Å². The summed E-state index contributed by atoms with van der Waals surface area (Å²) < 4.78 is 16.5. The Hall–Kier alpha value is -3.43. The van der Waals surface area contributed by atoms with Crippen LogP contribution < -0.4 is 9.47 Å². The van der Waals surface area contributed by atoms with E-state index in [0.717, 1.165) is 17.3 Å². The number of esters is 1. The van der Waals surface area contributed by atoms with Gasteiger partial charge in [-0.2, -0.15) is 0 Å². The van der Waals surface area contributed by atoms with Crippen molar-refractivity contribution in [2.45, 2.75) is 13.5 Å². The number of nitrogens with zero attached hydrogens (tertiary/aromatic N) is 1. The van der Waals surface area contributed by atoms with Crippen LogP contribution in [0.15, 0.2) is 81.9 Å². The van der Waals surface area contributed by atoms with Gasteiger partial charge in [0.25, 0.3) is 5.91 Å². The molecule has 0 aromatic heterocycles. The summed E-state index contributed by atoms with van der Waals surface area (Å²) in [5.41, 5.74) is 1.34. The van der Waals surface area contributed by atoms with Crippen LogP contribution in [0.4, 0.5) is 0 Å². The highest BCUT2D eigenvalue weighted by molar-refractivity contribution is 8.18. The Balaban J connectivity index is 1.62. The first-order chi connectivity index (χ1) is 19.2. The second kappa shape index (κ2) is 13.3. The lowest BCUT2D eigenvalue weighted by Gasteiger charge is -2.12. The normalized spacial score (nSPS) is 15.0. The first kappa shape index (κ1) is 29.6. The van der Waals surface area contributed by atoms with Gasteiger partial charge in [-0.3, -0.25) is 4.79 Å². The number of rotatable bonds is 8. The molecule has 0 radical (unpaired) electrons. The molecule has 4 rings (SSSR count). The standard InChI is InChI=1S/C29H22Cl3NO6S/c1-3-38-29(36)25-26(34)24(40-28(25)33-27(35)19-6-4-5-7-20(19)31)13-16-8-11-22(23(12-16)37-2)39-15-17-9-10-18(30)14-21(17)32/h4-14,34H,3,15H2,1-2H3/b24-13-,33-28?. The highest BCUT2D eigenvalue weighted by Crippen LogP contribution is 2.40. The molecule has 40 heavy (non-hydrogen) atoms. The molecule has 1 amide bonds. The zero-order valence-electron chi connectivity index (χ0n) is 21.2. The number of hydrogen-bond donors (Lipinski definition) is 1. The van der Waals surface area contributed by atoms with E-state index in [1.807, 2.05) is 0 Å². The number of carbonyl (C=O) groups excluding carboxylic acids is 2. The van der Waals surface area contributed by atoms with Crippen LogP contribution in [0.5, 0.6) is 11.5 Å². The van der Waals surface area contributed by atoms with E-state index >= 15 is 0 Å². The van der Waals surface area contributed by atoms with Crippen molar-refractivity contribution in [3.8, 4) is 11.5 Å². The smallest absolute Gasteiger partial charge is 0.344 e. The van der Waals surface area contributed by atoms with Gasteiger partial charge in [0, 0.05) is 15.6 Å². The lowest BCUT2D eigenvalue weighted by Crippen LogP contribution is -2.14. The number of methoxy groups -OCH3 is 1. The fourth-order valence-electron chi connectivity index (χ4n) is 3.62. The van der Waals surface area contributed by atoms with Gasteiger partial charge in [-0.05, 0) is 55.0 Å². The number of aliphatic hydroxyl groups is 1. The molecule has 3 aromatic rings. The van der Waals surface area contributed by atoms with E-state index in [4.69, 9.17) is 49.0 Å². The van der Waals surface area contributed by atoms with Crippen LogP contribution in [-0.4, -0.2) is 35.7 Å². The predicted octanol–water partition coefficient (Wildman–Crippen LogP) is 7.94. The third kappa shape index (κ3) is 6.82. The second-order valence-corrected chi connectivity index (χ2v) is 10.5. The predicted molar refractivity (Wildman–Crippen MR) is 159 cm³/mol. The average Bonchev–Trinajstić information content (AvgIpc) is 3.22. The van der Waals surface area contributed by atoms with Crippen LogP contribution in [0, 0.1) is 0 Å². The minimum Gasteiger partial charge on any atom is -0.506 e. The summed E-state index contributed by atoms with van der Waals surface area (Å²) in [7, 11) is 1.50. The van der Waals surface area contributed by atoms with Crippen molar-refractivity contribution in [3.63, 3.8) is 0 Å². The van der Waals surface area contributed by atoms with Gasteiger partial charge in [-0.1, -0.05) is 70.8 Å². The Kier molecular flexibility index (Phi) is 9.81. The molecule has 7 nitrogen and oxygen atoms in total. The molecule has 0 bridgehead atoms. The topological polar surface area (TPSA) is 94.4 Å². The number of thioether (sulfide) groups is 1. The maximum Gasteiger partial charge on any atom is 0.344 e. The second-order valence-electron chi connectivity index (χ2n) is 8.19. The summed E-state index contributed by atoms with van der Waals surface area (Å²) in [6.45, 7) is 1.90. The third-order valence-electron chi connectivity index (χ3n) is 5.56.